The van der Waals surface area contributed by atoms with Crippen molar-refractivity contribution in [3.63, 3.8) is 0 Å². The Hall–Kier alpha value is -2.61. The van der Waals surface area contributed by atoms with Gasteiger partial charge >= 0.3 is 18.4 Å². The van der Waals surface area contributed by atoms with Gasteiger partial charge in [0, 0.05) is 11.6 Å². The number of carbonyl (C=O) groups excluding carboxylic acids is 1. The molecule has 2 amide bonds. The van der Waals surface area contributed by atoms with Gasteiger partial charge in [0.2, 0.25) is 0 Å². The molecule has 1 saturated heterocycles. The van der Waals surface area contributed by atoms with Crippen molar-refractivity contribution in [2.45, 2.75) is 64.5 Å². The molecule has 1 aliphatic rings. The van der Waals surface area contributed by atoms with Gasteiger partial charge in [0.15, 0.2) is 5.65 Å². The number of aromatic nitrogens is 3. The largest absolute Gasteiger partial charge is 0.410 e. The second kappa shape index (κ2) is 8.63. The molecule has 1 fully saturated rings. The van der Waals surface area contributed by atoms with Crippen molar-refractivity contribution in [2.75, 3.05) is 6.54 Å². The first-order chi connectivity index (χ1) is 15.1. The molecule has 0 spiro atoms. The molecule has 0 bridgehead atoms. The van der Waals surface area contributed by atoms with E-state index in [4.69, 9.17) is 10.5 Å². The molecule has 0 saturated carbocycles. The van der Waals surface area contributed by atoms with Crippen LogP contribution in [0.2, 0.25) is 0 Å². The SMILES string of the molecule is C[C@H](OCc1cnn2cc([C@@H](N)CC(C)(C)C(F)(F)F)nc2c1)N1C[C@@H](C(F)(F)F)NC1=O. The van der Waals surface area contributed by atoms with Crippen molar-refractivity contribution < 1.29 is 35.9 Å². The van der Waals surface area contributed by atoms with Crippen LogP contribution in [0.3, 0.4) is 0 Å². The maximum absolute atomic E-state index is 13.1. The van der Waals surface area contributed by atoms with Crippen molar-refractivity contribution in [3.8, 4) is 0 Å². The Labute approximate surface area is 185 Å². The predicted octanol–water partition coefficient (Wildman–Crippen LogP) is 3.53. The van der Waals surface area contributed by atoms with Gasteiger partial charge in [-0.3, -0.25) is 4.90 Å². The lowest BCUT2D eigenvalue weighted by Crippen LogP contribution is -2.40. The summed E-state index contributed by atoms with van der Waals surface area (Å²) in [6, 6.07) is -2.26. The summed E-state index contributed by atoms with van der Waals surface area (Å²) < 4.78 is 84.7. The quantitative estimate of drug-likeness (QED) is 0.589. The molecular formula is C19H24F6N6O2. The van der Waals surface area contributed by atoms with Crippen LogP contribution in [-0.4, -0.2) is 56.7 Å². The average Bonchev–Trinajstić information content (AvgIpc) is 3.28. The van der Waals surface area contributed by atoms with Crippen LogP contribution < -0.4 is 11.1 Å². The van der Waals surface area contributed by atoms with E-state index in [9.17, 15) is 31.1 Å². The summed E-state index contributed by atoms with van der Waals surface area (Å²) in [6.45, 7) is 2.92. The average molecular weight is 482 g/mol. The van der Waals surface area contributed by atoms with E-state index in [-0.39, 0.29) is 18.7 Å². The highest BCUT2D eigenvalue weighted by Gasteiger charge is 2.49. The Morgan fingerprint density at radius 2 is 1.94 bits per heavy atom. The molecule has 33 heavy (non-hydrogen) atoms. The van der Waals surface area contributed by atoms with Gasteiger partial charge < -0.3 is 15.8 Å². The van der Waals surface area contributed by atoms with Crippen LogP contribution in [0, 0.1) is 5.41 Å². The zero-order valence-electron chi connectivity index (χ0n) is 18.0. The van der Waals surface area contributed by atoms with Crippen molar-refractivity contribution in [1.82, 2.24) is 24.8 Å². The Morgan fingerprint density at radius 3 is 2.52 bits per heavy atom. The van der Waals surface area contributed by atoms with E-state index in [2.05, 4.69) is 10.1 Å². The van der Waals surface area contributed by atoms with Crippen molar-refractivity contribution in [2.24, 2.45) is 11.1 Å². The Kier molecular flexibility index (Phi) is 6.54. The van der Waals surface area contributed by atoms with Crippen molar-refractivity contribution in [3.05, 3.63) is 29.7 Å². The summed E-state index contributed by atoms with van der Waals surface area (Å²) >= 11 is 0. The second-order valence-corrected chi connectivity index (χ2v) is 8.63. The lowest BCUT2D eigenvalue weighted by atomic mass is 9.84. The van der Waals surface area contributed by atoms with E-state index < -0.39 is 48.7 Å². The fourth-order valence-electron chi connectivity index (χ4n) is 3.32. The maximum Gasteiger partial charge on any atom is 0.410 e. The molecule has 2 aromatic rings. The smallest absolute Gasteiger partial charge is 0.354 e. The van der Waals surface area contributed by atoms with Crippen LogP contribution in [0.15, 0.2) is 18.5 Å². The number of amides is 2. The number of halogens is 6. The first kappa shape index (κ1) is 25.0. The number of rotatable bonds is 7. The molecule has 2 aromatic heterocycles. The number of urea groups is 1. The normalized spacial score (nSPS) is 19.8. The van der Waals surface area contributed by atoms with Crippen molar-refractivity contribution >= 4 is 11.7 Å². The summed E-state index contributed by atoms with van der Waals surface area (Å²) in [5.41, 5.74) is 5.00. The standard InChI is InChI=1S/C19H24F6N6O2/c1-10(30-8-14(18(20,21)22)29-16(30)32)33-9-11-4-15-28-13(7-31(15)27-6-11)12(26)5-17(2,3)19(23,24)25/h4,6-7,10,12,14H,5,8-9,26H2,1-3H3,(H,29,32)/t10-,12-,14-/m0/s1. The number of nitrogens with two attached hydrogens (primary N) is 1. The molecule has 3 N–H and O–H groups in total. The number of nitrogens with zero attached hydrogens (tertiary/aromatic N) is 4. The number of alkyl halides is 6. The monoisotopic (exact) mass is 482 g/mol. The third-order valence-corrected chi connectivity index (χ3v) is 5.54. The molecule has 0 aromatic carbocycles. The van der Waals surface area contributed by atoms with Gasteiger partial charge in [0.1, 0.15) is 12.3 Å². The first-order valence-corrected chi connectivity index (χ1v) is 10.0. The zero-order chi connectivity index (χ0) is 24.8. The lowest BCUT2D eigenvalue weighted by Gasteiger charge is -2.29. The minimum atomic E-state index is -4.56. The first-order valence-electron chi connectivity index (χ1n) is 10.0. The number of carbonyl (C=O) groups is 1. The highest BCUT2D eigenvalue weighted by Crippen LogP contribution is 2.43. The summed E-state index contributed by atoms with van der Waals surface area (Å²) in [7, 11) is 0. The van der Waals surface area contributed by atoms with Gasteiger partial charge in [0.05, 0.1) is 36.7 Å². The number of ether oxygens (including phenoxy) is 1. The molecule has 14 heteroatoms. The molecule has 3 heterocycles. The van der Waals surface area contributed by atoms with E-state index in [1.54, 1.807) is 6.07 Å². The molecule has 0 unspecified atom stereocenters. The predicted molar refractivity (Wildman–Crippen MR) is 104 cm³/mol. The van der Waals surface area contributed by atoms with Crippen LogP contribution in [0.25, 0.3) is 5.65 Å². The van der Waals surface area contributed by atoms with Crippen molar-refractivity contribution in [1.29, 1.82) is 0 Å². The van der Waals surface area contributed by atoms with E-state index in [1.165, 1.54) is 23.8 Å². The van der Waals surface area contributed by atoms with Crippen LogP contribution >= 0.6 is 0 Å². The number of hydrogen-bond donors (Lipinski definition) is 2. The van der Waals surface area contributed by atoms with Crippen LogP contribution in [-0.2, 0) is 11.3 Å². The zero-order valence-corrected chi connectivity index (χ0v) is 18.0. The van der Waals surface area contributed by atoms with E-state index in [1.807, 2.05) is 5.32 Å². The Morgan fingerprint density at radius 1 is 1.27 bits per heavy atom. The van der Waals surface area contributed by atoms with Gasteiger partial charge in [-0.05, 0) is 19.4 Å². The van der Waals surface area contributed by atoms with Crippen LogP contribution in [0.5, 0.6) is 0 Å². The third kappa shape index (κ3) is 5.49. The van der Waals surface area contributed by atoms with Crippen LogP contribution in [0.4, 0.5) is 31.1 Å². The van der Waals surface area contributed by atoms with Gasteiger partial charge in [-0.1, -0.05) is 13.8 Å². The minimum absolute atomic E-state index is 0.0829. The molecular weight excluding hydrogens is 458 g/mol. The van der Waals surface area contributed by atoms with E-state index in [0.29, 0.717) is 11.2 Å². The summed E-state index contributed by atoms with van der Waals surface area (Å²) in [5.74, 6) is 0. The molecule has 1 aliphatic heterocycles. The number of nitrogens with one attached hydrogen (secondary N) is 1. The lowest BCUT2D eigenvalue weighted by molar-refractivity contribution is -0.215. The van der Waals surface area contributed by atoms with Crippen LogP contribution in [0.1, 0.15) is 44.5 Å². The molecule has 0 radical (unpaired) electrons. The molecule has 3 rings (SSSR count). The fraction of sp³-hybridized carbons (Fsp3) is 0.632. The van der Waals surface area contributed by atoms with Gasteiger partial charge in [0.25, 0.3) is 0 Å². The van der Waals surface area contributed by atoms with E-state index in [0.717, 1.165) is 18.7 Å². The molecule has 8 nitrogen and oxygen atoms in total. The highest BCUT2D eigenvalue weighted by atomic mass is 19.4. The number of fused-ring (bicyclic) bond motifs is 1. The maximum atomic E-state index is 13.1. The molecule has 0 aliphatic carbocycles. The fourth-order valence-corrected chi connectivity index (χ4v) is 3.32. The Bertz CT molecular complexity index is 1000. The molecule has 184 valence electrons. The number of hydrogen-bond acceptors (Lipinski definition) is 5. The van der Waals surface area contributed by atoms with Gasteiger partial charge in [-0.15, -0.1) is 0 Å². The highest BCUT2D eigenvalue weighted by molar-refractivity contribution is 5.77. The second-order valence-electron chi connectivity index (χ2n) is 8.63. The minimum Gasteiger partial charge on any atom is -0.354 e. The van der Waals surface area contributed by atoms with Gasteiger partial charge in [-0.25, -0.2) is 14.3 Å². The summed E-state index contributed by atoms with van der Waals surface area (Å²) in [5, 5.41) is 5.98. The third-order valence-electron chi connectivity index (χ3n) is 5.54. The Balaban J connectivity index is 1.64. The number of imidazole rings is 1. The van der Waals surface area contributed by atoms with E-state index >= 15 is 0 Å². The molecule has 3 atom stereocenters. The summed E-state index contributed by atoms with van der Waals surface area (Å²) in [6.07, 6.45) is -7.44. The van der Waals surface area contributed by atoms with Gasteiger partial charge in [-0.2, -0.15) is 31.4 Å². The summed E-state index contributed by atoms with van der Waals surface area (Å²) in [4.78, 5) is 17.0. The topological polar surface area (TPSA) is 97.8 Å².